The standard InChI is InChI=1S/C14H21N5OS/c1-7(2)15-12(20)11(6)21-14-17-13-16-9(4)8(3)10(5)19(13)18-14/h7,11H,1-6H3,(H,15,20). The maximum atomic E-state index is 11.9. The van der Waals surface area contributed by atoms with Crippen molar-refractivity contribution >= 4 is 23.4 Å². The highest BCUT2D eigenvalue weighted by Gasteiger charge is 2.19. The molecule has 0 fully saturated rings. The van der Waals surface area contributed by atoms with Gasteiger partial charge in [0, 0.05) is 17.4 Å². The summed E-state index contributed by atoms with van der Waals surface area (Å²) in [6.07, 6.45) is 0. The molecular formula is C14H21N5OS. The van der Waals surface area contributed by atoms with Gasteiger partial charge in [-0.05, 0) is 47.1 Å². The third-order valence-electron chi connectivity index (χ3n) is 3.32. The third kappa shape index (κ3) is 3.34. The SMILES string of the molecule is Cc1nc2nc(SC(C)C(=O)NC(C)C)nn2c(C)c1C. The van der Waals surface area contributed by atoms with Crippen molar-refractivity contribution in [3.63, 3.8) is 0 Å². The zero-order valence-electron chi connectivity index (χ0n) is 13.3. The van der Waals surface area contributed by atoms with Crippen LogP contribution in [-0.2, 0) is 4.79 Å². The average molecular weight is 307 g/mol. The molecule has 114 valence electrons. The number of thioether (sulfide) groups is 1. The van der Waals surface area contributed by atoms with Crippen molar-refractivity contribution in [3.05, 3.63) is 17.0 Å². The molecule has 1 N–H and O–H groups in total. The van der Waals surface area contributed by atoms with Crippen LogP contribution in [0.3, 0.4) is 0 Å². The lowest BCUT2D eigenvalue weighted by atomic mass is 10.2. The molecule has 2 aromatic rings. The Hall–Kier alpha value is -1.63. The van der Waals surface area contributed by atoms with Crippen LogP contribution in [0.15, 0.2) is 5.16 Å². The number of aromatic nitrogens is 4. The molecule has 0 saturated carbocycles. The predicted molar refractivity (Wildman–Crippen MR) is 83.6 cm³/mol. The summed E-state index contributed by atoms with van der Waals surface area (Å²) in [6, 6.07) is 0.129. The second-order valence-corrected chi connectivity index (χ2v) is 6.75. The molecule has 0 aromatic carbocycles. The first-order valence-corrected chi connectivity index (χ1v) is 7.85. The zero-order valence-corrected chi connectivity index (χ0v) is 14.1. The molecule has 1 atom stereocenters. The van der Waals surface area contributed by atoms with Crippen LogP contribution in [0, 0.1) is 20.8 Å². The molecule has 1 amide bonds. The molecule has 0 aliphatic heterocycles. The highest BCUT2D eigenvalue weighted by molar-refractivity contribution is 8.00. The van der Waals surface area contributed by atoms with Crippen LogP contribution in [0.25, 0.3) is 5.78 Å². The highest BCUT2D eigenvalue weighted by atomic mass is 32.2. The van der Waals surface area contributed by atoms with Crippen molar-refractivity contribution < 1.29 is 4.79 Å². The van der Waals surface area contributed by atoms with Crippen molar-refractivity contribution in [3.8, 4) is 0 Å². The van der Waals surface area contributed by atoms with Gasteiger partial charge in [0.05, 0.1) is 5.25 Å². The maximum absolute atomic E-state index is 11.9. The Balaban J connectivity index is 2.24. The van der Waals surface area contributed by atoms with Gasteiger partial charge in [0.2, 0.25) is 11.1 Å². The van der Waals surface area contributed by atoms with Crippen LogP contribution < -0.4 is 5.32 Å². The van der Waals surface area contributed by atoms with Gasteiger partial charge < -0.3 is 5.32 Å². The summed E-state index contributed by atoms with van der Waals surface area (Å²) in [4.78, 5) is 20.8. The highest BCUT2D eigenvalue weighted by Crippen LogP contribution is 2.21. The van der Waals surface area contributed by atoms with E-state index in [4.69, 9.17) is 0 Å². The number of nitrogens with one attached hydrogen (secondary N) is 1. The van der Waals surface area contributed by atoms with Gasteiger partial charge in [0.1, 0.15) is 0 Å². The van der Waals surface area contributed by atoms with Crippen molar-refractivity contribution in [1.82, 2.24) is 24.9 Å². The lowest BCUT2D eigenvalue weighted by Gasteiger charge is -2.12. The number of fused-ring (bicyclic) bond motifs is 1. The first-order valence-electron chi connectivity index (χ1n) is 6.97. The van der Waals surface area contributed by atoms with E-state index in [1.165, 1.54) is 11.8 Å². The van der Waals surface area contributed by atoms with Crippen molar-refractivity contribution in [1.29, 1.82) is 0 Å². The molecule has 6 nitrogen and oxygen atoms in total. The minimum Gasteiger partial charge on any atom is -0.353 e. The molecule has 2 aromatic heterocycles. The Morgan fingerprint density at radius 3 is 2.48 bits per heavy atom. The summed E-state index contributed by atoms with van der Waals surface area (Å²) in [5, 5.41) is 7.66. The topological polar surface area (TPSA) is 72.2 Å². The Kier molecular flexibility index (Phi) is 4.51. The fourth-order valence-electron chi connectivity index (χ4n) is 1.90. The summed E-state index contributed by atoms with van der Waals surface area (Å²) in [7, 11) is 0. The second kappa shape index (κ2) is 6.01. The van der Waals surface area contributed by atoms with E-state index in [1.54, 1.807) is 4.52 Å². The Morgan fingerprint density at radius 1 is 1.19 bits per heavy atom. The van der Waals surface area contributed by atoms with Gasteiger partial charge in [-0.1, -0.05) is 11.8 Å². The number of amides is 1. The van der Waals surface area contributed by atoms with E-state index in [0.717, 1.165) is 17.0 Å². The summed E-state index contributed by atoms with van der Waals surface area (Å²) in [6.45, 7) is 11.7. The van der Waals surface area contributed by atoms with Gasteiger partial charge in [-0.25, -0.2) is 9.50 Å². The number of carbonyl (C=O) groups excluding carboxylic acids is 1. The van der Waals surface area contributed by atoms with Crippen LogP contribution in [0.4, 0.5) is 0 Å². The molecule has 21 heavy (non-hydrogen) atoms. The molecule has 2 rings (SSSR count). The van der Waals surface area contributed by atoms with Gasteiger partial charge in [-0.2, -0.15) is 4.98 Å². The van der Waals surface area contributed by atoms with E-state index in [2.05, 4.69) is 20.4 Å². The van der Waals surface area contributed by atoms with E-state index in [9.17, 15) is 4.79 Å². The molecule has 0 saturated heterocycles. The molecule has 0 aliphatic rings. The summed E-state index contributed by atoms with van der Waals surface area (Å²) in [5.74, 6) is 0.570. The minimum atomic E-state index is -0.243. The zero-order chi connectivity index (χ0) is 15.7. The van der Waals surface area contributed by atoms with Crippen LogP contribution in [0.2, 0.25) is 0 Å². The molecule has 2 heterocycles. The Bertz CT molecular complexity index is 680. The fourth-order valence-corrected chi connectivity index (χ4v) is 2.66. The van der Waals surface area contributed by atoms with E-state index in [-0.39, 0.29) is 17.2 Å². The smallest absolute Gasteiger partial charge is 0.253 e. The van der Waals surface area contributed by atoms with E-state index in [0.29, 0.717) is 10.9 Å². The summed E-state index contributed by atoms with van der Waals surface area (Å²) < 4.78 is 1.73. The molecule has 0 radical (unpaired) electrons. The van der Waals surface area contributed by atoms with Gasteiger partial charge in [-0.3, -0.25) is 4.79 Å². The third-order valence-corrected chi connectivity index (χ3v) is 4.28. The molecule has 7 heteroatoms. The molecule has 1 unspecified atom stereocenters. The van der Waals surface area contributed by atoms with Gasteiger partial charge >= 0.3 is 0 Å². The van der Waals surface area contributed by atoms with Crippen molar-refractivity contribution in [2.45, 2.75) is 58.0 Å². The van der Waals surface area contributed by atoms with E-state index in [1.807, 2.05) is 41.5 Å². The lowest BCUT2D eigenvalue weighted by molar-refractivity contribution is -0.120. The van der Waals surface area contributed by atoms with Crippen LogP contribution in [-0.4, -0.2) is 36.8 Å². The number of nitrogens with zero attached hydrogens (tertiary/aromatic N) is 4. The first-order chi connectivity index (χ1) is 9.79. The maximum Gasteiger partial charge on any atom is 0.253 e. The largest absolute Gasteiger partial charge is 0.353 e. The van der Waals surface area contributed by atoms with Crippen LogP contribution >= 0.6 is 11.8 Å². The first kappa shape index (κ1) is 15.8. The predicted octanol–water partition coefficient (Wildman–Crippen LogP) is 2.05. The molecule has 0 bridgehead atoms. The van der Waals surface area contributed by atoms with Gasteiger partial charge in [0.15, 0.2) is 0 Å². The quantitative estimate of drug-likeness (QED) is 0.875. The Labute approximate surface area is 128 Å². The van der Waals surface area contributed by atoms with Crippen molar-refractivity contribution in [2.75, 3.05) is 0 Å². The van der Waals surface area contributed by atoms with E-state index >= 15 is 0 Å². The minimum absolute atomic E-state index is 0.00843. The molecule has 0 spiro atoms. The summed E-state index contributed by atoms with van der Waals surface area (Å²) >= 11 is 1.34. The van der Waals surface area contributed by atoms with Gasteiger partial charge in [0.25, 0.3) is 5.78 Å². The van der Waals surface area contributed by atoms with Crippen LogP contribution in [0.1, 0.15) is 37.7 Å². The number of rotatable bonds is 4. The van der Waals surface area contributed by atoms with Crippen LogP contribution in [0.5, 0.6) is 0 Å². The number of hydrogen-bond donors (Lipinski definition) is 1. The number of hydrogen-bond acceptors (Lipinski definition) is 5. The second-order valence-electron chi connectivity index (χ2n) is 5.44. The average Bonchev–Trinajstić information content (AvgIpc) is 2.78. The summed E-state index contributed by atoms with van der Waals surface area (Å²) in [5.41, 5.74) is 3.08. The molecule has 0 aliphatic carbocycles. The fraction of sp³-hybridized carbons (Fsp3) is 0.571. The lowest BCUT2D eigenvalue weighted by Crippen LogP contribution is -2.35. The number of aryl methyl sites for hydroxylation is 2. The monoisotopic (exact) mass is 307 g/mol. The van der Waals surface area contributed by atoms with Crippen molar-refractivity contribution in [2.24, 2.45) is 0 Å². The van der Waals surface area contributed by atoms with E-state index < -0.39 is 0 Å². The normalized spacial score (nSPS) is 12.9. The van der Waals surface area contributed by atoms with Gasteiger partial charge in [-0.15, -0.1) is 5.10 Å². The Morgan fingerprint density at radius 2 is 1.86 bits per heavy atom. The number of carbonyl (C=O) groups is 1. The molecular weight excluding hydrogens is 286 g/mol.